The van der Waals surface area contributed by atoms with Gasteiger partial charge in [0.25, 0.3) is 0 Å². The van der Waals surface area contributed by atoms with Crippen molar-refractivity contribution in [2.45, 2.75) is 39.8 Å². The fourth-order valence-electron chi connectivity index (χ4n) is 1.31. The van der Waals surface area contributed by atoms with Crippen LogP contribution >= 0.6 is 0 Å². The molecule has 1 atom stereocenters. The number of hydrogen-bond donors (Lipinski definition) is 2. The van der Waals surface area contributed by atoms with E-state index in [0.717, 1.165) is 0 Å². The normalized spacial score (nSPS) is 12.1. The van der Waals surface area contributed by atoms with Gasteiger partial charge in [-0.3, -0.25) is 4.79 Å². The topological polar surface area (TPSA) is 76.1 Å². The largest absolute Gasteiger partial charge is 0.475 e. The van der Waals surface area contributed by atoms with E-state index in [2.05, 4.69) is 20.6 Å². The van der Waals surface area contributed by atoms with Crippen LogP contribution in [-0.4, -0.2) is 34.6 Å². The number of anilines is 1. The zero-order valence-electron chi connectivity index (χ0n) is 11.2. The minimum absolute atomic E-state index is 0.0496. The van der Waals surface area contributed by atoms with Crippen LogP contribution < -0.4 is 15.4 Å². The molecule has 6 nitrogen and oxygen atoms in total. The quantitative estimate of drug-likeness (QED) is 0.795. The average molecular weight is 252 g/mol. The molecule has 0 aliphatic heterocycles. The molecular formula is C12H20N4O2. The smallest absolute Gasteiger partial charge is 0.242 e. The molecule has 6 heteroatoms. The second kappa shape index (κ2) is 6.78. The van der Waals surface area contributed by atoms with Gasteiger partial charge in [0.2, 0.25) is 17.7 Å². The third-order valence-corrected chi connectivity index (χ3v) is 2.08. The number of amides is 1. The number of carbonyl (C=O) groups is 1. The third kappa shape index (κ3) is 4.57. The third-order valence-electron chi connectivity index (χ3n) is 2.08. The number of ether oxygens (including phenoxy) is 1. The summed E-state index contributed by atoms with van der Waals surface area (Å²) in [6, 6.07) is 1.29. The van der Waals surface area contributed by atoms with Crippen LogP contribution in [0.2, 0.25) is 0 Å². The predicted octanol–water partition coefficient (Wildman–Crippen LogP) is 1.20. The van der Waals surface area contributed by atoms with Gasteiger partial charge in [0.05, 0.1) is 6.10 Å². The van der Waals surface area contributed by atoms with Crippen molar-refractivity contribution >= 4 is 11.9 Å². The van der Waals surface area contributed by atoms with E-state index in [9.17, 15) is 4.79 Å². The Labute approximate surface area is 107 Å². The predicted molar refractivity (Wildman–Crippen MR) is 69.6 cm³/mol. The Balaban J connectivity index is 2.64. The molecule has 100 valence electrons. The lowest BCUT2D eigenvalue weighted by molar-refractivity contribution is -0.121. The Morgan fingerprint density at radius 2 is 2.17 bits per heavy atom. The number of carbonyl (C=O) groups excluding carboxylic acids is 1. The minimum Gasteiger partial charge on any atom is -0.475 e. The first-order valence-electron chi connectivity index (χ1n) is 6.07. The lowest BCUT2D eigenvalue weighted by Gasteiger charge is -2.14. The monoisotopic (exact) mass is 252 g/mol. The zero-order valence-corrected chi connectivity index (χ0v) is 11.2. The summed E-state index contributed by atoms with van der Waals surface area (Å²) >= 11 is 0. The van der Waals surface area contributed by atoms with Gasteiger partial charge < -0.3 is 15.4 Å². The van der Waals surface area contributed by atoms with Gasteiger partial charge in [-0.25, -0.2) is 4.98 Å². The summed E-state index contributed by atoms with van der Waals surface area (Å²) < 4.78 is 5.45. The highest BCUT2D eigenvalue weighted by atomic mass is 16.5. The highest BCUT2D eigenvalue weighted by molar-refractivity contribution is 5.83. The van der Waals surface area contributed by atoms with Gasteiger partial charge >= 0.3 is 0 Å². The van der Waals surface area contributed by atoms with Gasteiger partial charge in [-0.05, 0) is 27.7 Å². The highest BCUT2D eigenvalue weighted by Crippen LogP contribution is 2.10. The molecule has 0 spiro atoms. The van der Waals surface area contributed by atoms with E-state index in [1.807, 2.05) is 20.8 Å². The Hall–Kier alpha value is -1.85. The van der Waals surface area contributed by atoms with Gasteiger partial charge in [0.15, 0.2) is 0 Å². The van der Waals surface area contributed by atoms with Crippen LogP contribution in [0.3, 0.4) is 0 Å². The summed E-state index contributed by atoms with van der Waals surface area (Å²) in [5.74, 6) is 0.786. The molecule has 1 rings (SSSR count). The van der Waals surface area contributed by atoms with Crippen molar-refractivity contribution in [2.75, 3.05) is 11.9 Å². The Bertz CT molecular complexity index is 395. The molecule has 0 bridgehead atoms. The molecule has 1 aromatic rings. The fraction of sp³-hybridized carbons (Fsp3) is 0.583. The van der Waals surface area contributed by atoms with Crippen molar-refractivity contribution in [3.05, 3.63) is 12.3 Å². The standard InChI is InChI=1S/C12H20N4O2/c1-5-13-11(17)9(4)15-12-14-7-6-10(16-12)18-8(2)3/h6-9H,5H2,1-4H3,(H,13,17)(H,14,15,16). The number of aromatic nitrogens is 2. The van der Waals surface area contributed by atoms with Gasteiger partial charge in [-0.15, -0.1) is 0 Å². The first-order valence-corrected chi connectivity index (χ1v) is 6.07. The van der Waals surface area contributed by atoms with Crippen LogP contribution in [0, 0.1) is 0 Å². The van der Waals surface area contributed by atoms with E-state index >= 15 is 0 Å². The number of nitrogens with zero attached hydrogens (tertiary/aromatic N) is 2. The first-order chi connectivity index (χ1) is 8.52. The summed E-state index contributed by atoms with van der Waals surface area (Å²) in [7, 11) is 0. The average Bonchev–Trinajstić information content (AvgIpc) is 2.28. The summed E-state index contributed by atoms with van der Waals surface area (Å²) in [5.41, 5.74) is 0. The molecule has 2 N–H and O–H groups in total. The van der Waals surface area contributed by atoms with E-state index in [1.165, 1.54) is 0 Å². The SMILES string of the molecule is CCNC(=O)C(C)Nc1nccc(OC(C)C)n1. The summed E-state index contributed by atoms with van der Waals surface area (Å²) in [5, 5.41) is 5.65. The number of likely N-dealkylation sites (N-methyl/N-ethyl adjacent to an activating group) is 1. The number of rotatable bonds is 6. The van der Waals surface area contributed by atoms with E-state index in [1.54, 1.807) is 19.2 Å². The Kier molecular flexibility index (Phi) is 5.35. The van der Waals surface area contributed by atoms with Gasteiger partial charge in [-0.2, -0.15) is 4.98 Å². The van der Waals surface area contributed by atoms with Crippen molar-refractivity contribution in [1.29, 1.82) is 0 Å². The van der Waals surface area contributed by atoms with E-state index in [-0.39, 0.29) is 18.1 Å². The molecule has 0 fully saturated rings. The fourth-order valence-corrected chi connectivity index (χ4v) is 1.31. The maximum Gasteiger partial charge on any atom is 0.242 e. The minimum atomic E-state index is -0.390. The van der Waals surface area contributed by atoms with E-state index in [4.69, 9.17) is 4.74 Å². The number of nitrogens with one attached hydrogen (secondary N) is 2. The molecule has 1 heterocycles. The molecule has 18 heavy (non-hydrogen) atoms. The summed E-state index contributed by atoms with van der Waals surface area (Å²) in [6.07, 6.45) is 1.64. The maximum atomic E-state index is 11.5. The second-order valence-electron chi connectivity index (χ2n) is 4.15. The molecule has 0 aromatic carbocycles. The van der Waals surface area contributed by atoms with Gasteiger partial charge in [-0.1, -0.05) is 0 Å². The summed E-state index contributed by atoms with van der Waals surface area (Å²) in [6.45, 7) is 8.07. The Morgan fingerprint density at radius 3 is 2.78 bits per heavy atom. The van der Waals surface area contributed by atoms with Crippen LogP contribution in [0.5, 0.6) is 5.88 Å². The second-order valence-corrected chi connectivity index (χ2v) is 4.15. The number of hydrogen-bond acceptors (Lipinski definition) is 5. The van der Waals surface area contributed by atoms with Gasteiger partial charge in [0, 0.05) is 18.8 Å². The van der Waals surface area contributed by atoms with Crippen LogP contribution in [0.4, 0.5) is 5.95 Å². The highest BCUT2D eigenvalue weighted by Gasteiger charge is 2.13. The lowest BCUT2D eigenvalue weighted by atomic mass is 10.3. The van der Waals surface area contributed by atoms with Crippen molar-refractivity contribution in [1.82, 2.24) is 15.3 Å². The maximum absolute atomic E-state index is 11.5. The van der Waals surface area contributed by atoms with E-state index in [0.29, 0.717) is 18.4 Å². The molecule has 0 radical (unpaired) electrons. The van der Waals surface area contributed by atoms with Crippen LogP contribution in [-0.2, 0) is 4.79 Å². The van der Waals surface area contributed by atoms with Crippen molar-refractivity contribution in [3.63, 3.8) is 0 Å². The zero-order chi connectivity index (χ0) is 13.5. The van der Waals surface area contributed by atoms with Gasteiger partial charge in [0.1, 0.15) is 6.04 Å². The molecule has 0 aliphatic carbocycles. The molecule has 0 aliphatic rings. The Morgan fingerprint density at radius 1 is 1.44 bits per heavy atom. The van der Waals surface area contributed by atoms with Crippen LogP contribution in [0.15, 0.2) is 12.3 Å². The molecular weight excluding hydrogens is 232 g/mol. The van der Waals surface area contributed by atoms with Crippen molar-refractivity contribution in [3.8, 4) is 5.88 Å². The van der Waals surface area contributed by atoms with Crippen molar-refractivity contribution < 1.29 is 9.53 Å². The molecule has 1 aromatic heterocycles. The molecule has 1 unspecified atom stereocenters. The molecule has 0 saturated carbocycles. The van der Waals surface area contributed by atoms with E-state index < -0.39 is 0 Å². The van der Waals surface area contributed by atoms with Crippen LogP contribution in [0.1, 0.15) is 27.7 Å². The lowest BCUT2D eigenvalue weighted by Crippen LogP contribution is -2.37. The van der Waals surface area contributed by atoms with Crippen LogP contribution in [0.25, 0.3) is 0 Å². The first kappa shape index (κ1) is 14.2. The van der Waals surface area contributed by atoms with Crippen molar-refractivity contribution in [2.24, 2.45) is 0 Å². The summed E-state index contributed by atoms with van der Waals surface area (Å²) in [4.78, 5) is 19.8. The molecule has 0 saturated heterocycles. The molecule has 1 amide bonds.